The molecule has 200 valence electrons. The van der Waals surface area contributed by atoms with Gasteiger partial charge in [0, 0.05) is 24.2 Å². The standard InChI is InChI=1S/C26H26FN3O6S2/c1-37(33,34)29-18-8-9-19-21(11-18)38(35,36)13-20(28-19)23-25(31)22-15-4-5-16(10-15)24(22)30(26(23)32)12-14-2-6-17(27)7-3-14/h2-3,6-9,11,13,15-16,22,24,28-29,31H,4-5,10,12H2,1H3/t15-,16+,22?,24?/m1/s1. The molecule has 0 spiro atoms. The van der Waals surface area contributed by atoms with E-state index in [2.05, 4.69) is 10.0 Å². The van der Waals surface area contributed by atoms with Crippen LogP contribution in [-0.4, -0.2) is 45.0 Å². The molecule has 2 aromatic rings. The zero-order valence-corrected chi connectivity index (χ0v) is 22.0. The van der Waals surface area contributed by atoms with Crippen LogP contribution in [0.15, 0.2) is 69.8 Å². The molecule has 2 heterocycles. The number of sulfonamides is 1. The van der Waals surface area contributed by atoms with E-state index in [1.165, 1.54) is 30.3 Å². The highest BCUT2D eigenvalue weighted by Crippen LogP contribution is 2.56. The van der Waals surface area contributed by atoms with Crippen LogP contribution in [0.2, 0.25) is 0 Å². The molecule has 2 aliphatic heterocycles. The van der Waals surface area contributed by atoms with Gasteiger partial charge in [0.1, 0.15) is 17.1 Å². The van der Waals surface area contributed by atoms with Gasteiger partial charge in [-0.2, -0.15) is 0 Å². The minimum absolute atomic E-state index is 0.0332. The normalized spacial score (nSPS) is 27.5. The number of sulfone groups is 1. The summed E-state index contributed by atoms with van der Waals surface area (Å²) in [5, 5.41) is 15.3. The van der Waals surface area contributed by atoms with Gasteiger partial charge in [0.25, 0.3) is 5.91 Å². The Morgan fingerprint density at radius 1 is 1.13 bits per heavy atom. The Bertz CT molecular complexity index is 1630. The first-order valence-electron chi connectivity index (χ1n) is 12.3. The molecule has 2 bridgehead atoms. The Hall–Kier alpha value is -3.38. The first kappa shape index (κ1) is 24.9. The van der Waals surface area contributed by atoms with Crippen LogP contribution >= 0.6 is 0 Å². The molecule has 0 aromatic heterocycles. The number of amides is 1. The molecule has 2 unspecified atom stereocenters. The van der Waals surface area contributed by atoms with Gasteiger partial charge in [0.2, 0.25) is 19.9 Å². The molecule has 6 rings (SSSR count). The molecule has 1 amide bonds. The molecular weight excluding hydrogens is 533 g/mol. The Kier molecular flexibility index (Phi) is 5.62. The summed E-state index contributed by atoms with van der Waals surface area (Å²) in [4.78, 5) is 15.5. The van der Waals surface area contributed by atoms with Crippen molar-refractivity contribution in [2.45, 2.75) is 36.7 Å². The van der Waals surface area contributed by atoms with Gasteiger partial charge in [0.15, 0.2) is 0 Å². The Morgan fingerprint density at radius 3 is 2.55 bits per heavy atom. The van der Waals surface area contributed by atoms with E-state index in [4.69, 9.17) is 0 Å². The summed E-state index contributed by atoms with van der Waals surface area (Å²) in [6, 6.07) is 9.70. The molecule has 4 aliphatic rings. The van der Waals surface area contributed by atoms with Crippen molar-refractivity contribution < 1.29 is 31.1 Å². The number of fused-ring (bicyclic) bond motifs is 6. The molecule has 0 radical (unpaired) electrons. The van der Waals surface area contributed by atoms with Crippen molar-refractivity contribution in [1.29, 1.82) is 0 Å². The van der Waals surface area contributed by atoms with Crippen LogP contribution in [0.1, 0.15) is 24.8 Å². The molecule has 12 heteroatoms. The minimum Gasteiger partial charge on any atom is -0.511 e. The Morgan fingerprint density at radius 2 is 1.84 bits per heavy atom. The lowest BCUT2D eigenvalue weighted by Crippen LogP contribution is -2.52. The molecule has 2 aromatic carbocycles. The van der Waals surface area contributed by atoms with E-state index in [0.29, 0.717) is 0 Å². The first-order chi connectivity index (χ1) is 17.9. The summed E-state index contributed by atoms with van der Waals surface area (Å²) >= 11 is 0. The topological polar surface area (TPSA) is 133 Å². The zero-order chi connectivity index (χ0) is 27.0. The maximum absolute atomic E-state index is 13.9. The minimum atomic E-state index is -4.10. The molecule has 9 nitrogen and oxygen atoms in total. The Balaban J connectivity index is 1.41. The highest BCUT2D eigenvalue weighted by molar-refractivity contribution is 7.94. The van der Waals surface area contributed by atoms with Gasteiger partial charge in [-0.05, 0) is 67.0 Å². The van der Waals surface area contributed by atoms with E-state index < -0.39 is 25.8 Å². The number of hydrogen-bond donors (Lipinski definition) is 3. The largest absolute Gasteiger partial charge is 0.511 e. The smallest absolute Gasteiger partial charge is 0.260 e. The first-order valence-corrected chi connectivity index (χ1v) is 15.7. The molecule has 0 saturated heterocycles. The monoisotopic (exact) mass is 559 g/mol. The highest BCUT2D eigenvalue weighted by atomic mass is 32.2. The third-order valence-corrected chi connectivity index (χ3v) is 10.1. The van der Waals surface area contributed by atoms with Crippen molar-refractivity contribution in [1.82, 2.24) is 4.90 Å². The second-order valence-electron chi connectivity index (χ2n) is 10.5. The highest BCUT2D eigenvalue weighted by Gasteiger charge is 2.56. The molecule has 2 fully saturated rings. The molecule has 2 saturated carbocycles. The van der Waals surface area contributed by atoms with Crippen molar-refractivity contribution in [3.8, 4) is 0 Å². The summed E-state index contributed by atoms with van der Waals surface area (Å²) in [5.74, 6) is -0.873. The van der Waals surface area contributed by atoms with Gasteiger partial charge in [-0.3, -0.25) is 9.52 Å². The van der Waals surface area contributed by atoms with Gasteiger partial charge in [-0.15, -0.1) is 0 Å². The van der Waals surface area contributed by atoms with Gasteiger partial charge < -0.3 is 15.3 Å². The van der Waals surface area contributed by atoms with Crippen LogP contribution in [0.5, 0.6) is 0 Å². The van der Waals surface area contributed by atoms with E-state index in [1.807, 2.05) is 0 Å². The van der Waals surface area contributed by atoms with Gasteiger partial charge in [0.05, 0.1) is 27.9 Å². The lowest BCUT2D eigenvalue weighted by atomic mass is 9.77. The van der Waals surface area contributed by atoms with Crippen LogP contribution in [0, 0.1) is 23.6 Å². The number of aliphatic hydroxyl groups is 1. The fourth-order valence-electron chi connectivity index (χ4n) is 6.52. The van der Waals surface area contributed by atoms with Crippen molar-refractivity contribution in [3.63, 3.8) is 0 Å². The predicted octanol–water partition coefficient (Wildman–Crippen LogP) is 3.51. The third kappa shape index (κ3) is 4.15. The quantitative estimate of drug-likeness (QED) is 0.511. The lowest BCUT2D eigenvalue weighted by molar-refractivity contribution is -0.134. The average Bonchev–Trinajstić information content (AvgIpc) is 3.45. The number of benzene rings is 2. The summed E-state index contributed by atoms with van der Waals surface area (Å²) in [7, 11) is -7.72. The number of aliphatic hydroxyl groups excluding tert-OH is 1. The maximum Gasteiger partial charge on any atom is 0.260 e. The fraction of sp³-hybridized carbons (Fsp3) is 0.346. The van der Waals surface area contributed by atoms with Crippen molar-refractivity contribution in [2.24, 2.45) is 17.8 Å². The van der Waals surface area contributed by atoms with Crippen LogP contribution < -0.4 is 10.0 Å². The average molecular weight is 560 g/mol. The van der Waals surface area contributed by atoms with E-state index in [9.17, 15) is 31.1 Å². The SMILES string of the molecule is CS(=O)(=O)Nc1ccc2c(c1)S(=O)(=O)C=C(C1=C(O)C3C([C@H]4CC[C@@H]3C4)N(Cc3ccc(F)cc3)C1=O)N2. The molecule has 38 heavy (non-hydrogen) atoms. The van der Waals surface area contributed by atoms with Crippen molar-refractivity contribution >= 4 is 37.1 Å². The van der Waals surface area contributed by atoms with E-state index in [-0.39, 0.29) is 69.5 Å². The molecule has 2 aliphatic carbocycles. The number of nitrogens with one attached hydrogen (secondary N) is 2. The van der Waals surface area contributed by atoms with Crippen LogP contribution in [0.4, 0.5) is 15.8 Å². The number of rotatable bonds is 5. The number of halogens is 1. The number of carbonyl (C=O) groups is 1. The second kappa shape index (κ2) is 8.57. The number of hydrogen-bond acceptors (Lipinski definition) is 7. The van der Waals surface area contributed by atoms with Crippen molar-refractivity contribution in [3.05, 3.63) is 76.3 Å². The van der Waals surface area contributed by atoms with Crippen LogP contribution in [-0.2, 0) is 31.2 Å². The maximum atomic E-state index is 13.9. The Labute approximate surface area is 220 Å². The summed E-state index contributed by atoms with van der Waals surface area (Å²) in [6.07, 6.45) is 3.71. The summed E-state index contributed by atoms with van der Waals surface area (Å²) in [5.41, 5.74) is 0.855. The summed E-state index contributed by atoms with van der Waals surface area (Å²) in [6.45, 7) is 0.206. The van der Waals surface area contributed by atoms with Crippen molar-refractivity contribution in [2.75, 3.05) is 16.3 Å². The lowest BCUT2D eigenvalue weighted by Gasteiger charge is -2.44. The zero-order valence-electron chi connectivity index (χ0n) is 20.4. The third-order valence-electron chi connectivity index (χ3n) is 7.95. The number of carbonyl (C=O) groups excluding carboxylic acids is 1. The molecule has 3 N–H and O–H groups in total. The molecular formula is C26H26FN3O6S2. The van der Waals surface area contributed by atoms with Gasteiger partial charge in [-0.1, -0.05) is 12.1 Å². The van der Waals surface area contributed by atoms with E-state index in [0.717, 1.165) is 36.5 Å². The van der Waals surface area contributed by atoms with Crippen LogP contribution in [0.3, 0.4) is 0 Å². The molecule has 4 atom stereocenters. The fourth-order valence-corrected chi connectivity index (χ4v) is 8.41. The number of nitrogens with zero attached hydrogens (tertiary/aromatic N) is 1. The number of anilines is 2. The van der Waals surface area contributed by atoms with Gasteiger partial charge >= 0.3 is 0 Å². The van der Waals surface area contributed by atoms with Crippen LogP contribution in [0.25, 0.3) is 0 Å². The second-order valence-corrected chi connectivity index (χ2v) is 14.0. The summed E-state index contributed by atoms with van der Waals surface area (Å²) < 4.78 is 65.5. The van der Waals surface area contributed by atoms with E-state index >= 15 is 0 Å². The predicted molar refractivity (Wildman–Crippen MR) is 139 cm³/mol. The van der Waals surface area contributed by atoms with E-state index in [1.54, 1.807) is 17.0 Å². The van der Waals surface area contributed by atoms with Gasteiger partial charge in [-0.25, -0.2) is 21.2 Å².